The van der Waals surface area contributed by atoms with Crippen molar-refractivity contribution in [1.29, 1.82) is 0 Å². The first-order valence-electron chi connectivity index (χ1n) is 5.48. The molecule has 0 bridgehead atoms. The van der Waals surface area contributed by atoms with E-state index in [9.17, 15) is 4.79 Å². The zero-order chi connectivity index (χ0) is 11.9. The molecule has 0 amide bonds. The first-order chi connectivity index (χ1) is 8.40. The molecule has 0 aliphatic rings. The van der Waals surface area contributed by atoms with Crippen molar-refractivity contribution in [1.82, 2.24) is 0 Å². The van der Waals surface area contributed by atoms with Gasteiger partial charge in [0.05, 0.1) is 6.42 Å². The van der Waals surface area contributed by atoms with Crippen molar-refractivity contribution < 1.29 is 4.79 Å². The Bertz CT molecular complexity index is 559. The van der Waals surface area contributed by atoms with Crippen molar-refractivity contribution >= 4 is 6.29 Å². The number of hydrogen-bond acceptors (Lipinski definition) is 1. The van der Waals surface area contributed by atoms with Crippen LogP contribution in [0.3, 0.4) is 0 Å². The third-order valence-corrected chi connectivity index (χ3v) is 2.39. The van der Waals surface area contributed by atoms with E-state index in [1.165, 1.54) is 5.56 Å². The third-order valence-electron chi connectivity index (χ3n) is 2.39. The van der Waals surface area contributed by atoms with Crippen LogP contribution in [0.15, 0.2) is 54.6 Å². The van der Waals surface area contributed by atoms with Crippen LogP contribution in [0.4, 0.5) is 0 Å². The first kappa shape index (κ1) is 11.2. The largest absolute Gasteiger partial charge is 0.302 e. The number of aldehydes is 1. The third kappa shape index (κ3) is 3.06. The second-order valence-electron chi connectivity index (χ2n) is 3.62. The fourth-order valence-corrected chi connectivity index (χ4v) is 1.60. The van der Waals surface area contributed by atoms with Gasteiger partial charge in [-0.25, -0.2) is 0 Å². The predicted octanol–water partition coefficient (Wildman–Crippen LogP) is 3.29. The van der Waals surface area contributed by atoms with E-state index in [4.69, 9.17) is 0 Å². The molecule has 0 N–H and O–H groups in total. The molecule has 0 spiro atoms. The highest BCUT2D eigenvalue weighted by molar-refractivity contribution is 5.65. The van der Waals surface area contributed by atoms with E-state index in [0.29, 0.717) is 0 Å². The molecule has 2 rings (SSSR count). The Morgan fingerprint density at radius 2 is 1.71 bits per heavy atom. The quantitative estimate of drug-likeness (QED) is 0.560. The molecule has 0 atom stereocenters. The molecule has 0 heterocycles. The van der Waals surface area contributed by atoms with Crippen molar-refractivity contribution in [3.63, 3.8) is 0 Å². The molecule has 0 aliphatic carbocycles. The zero-order valence-corrected chi connectivity index (χ0v) is 9.39. The molecule has 0 radical (unpaired) electrons. The van der Waals surface area contributed by atoms with Gasteiger partial charge < -0.3 is 4.79 Å². The van der Waals surface area contributed by atoms with Gasteiger partial charge in [0, 0.05) is 5.56 Å². The minimum atomic E-state index is 0.287. The molecule has 17 heavy (non-hydrogen) atoms. The number of hydrogen-bond donors (Lipinski definition) is 0. The average molecular weight is 220 g/mol. The van der Waals surface area contributed by atoms with Gasteiger partial charge in [-0.2, -0.15) is 0 Å². The molecule has 2 aromatic rings. The summed E-state index contributed by atoms with van der Waals surface area (Å²) in [7, 11) is 0. The highest BCUT2D eigenvalue weighted by Gasteiger charge is 1.96. The van der Waals surface area contributed by atoms with Crippen molar-refractivity contribution in [2.24, 2.45) is 0 Å². The van der Waals surface area contributed by atoms with E-state index in [1.807, 2.05) is 36.4 Å². The standard InChI is InChI=1S/C16H12O/c17-12-5-4-7-14-8-6-11-16(13-14)15-9-2-1-3-10-15/h1-3,6,8-13H,5H2. The zero-order valence-electron chi connectivity index (χ0n) is 9.39. The minimum absolute atomic E-state index is 0.287. The maximum Gasteiger partial charge on any atom is 0.131 e. The van der Waals surface area contributed by atoms with Crippen molar-refractivity contribution in [3.05, 3.63) is 60.2 Å². The highest BCUT2D eigenvalue weighted by Crippen LogP contribution is 2.19. The lowest BCUT2D eigenvalue weighted by molar-refractivity contribution is -0.107. The second-order valence-corrected chi connectivity index (χ2v) is 3.62. The Balaban J connectivity index is 2.30. The number of benzene rings is 2. The summed E-state index contributed by atoms with van der Waals surface area (Å²) in [6.07, 6.45) is 1.10. The summed E-state index contributed by atoms with van der Waals surface area (Å²) in [4.78, 5) is 10.2. The topological polar surface area (TPSA) is 17.1 Å². The summed E-state index contributed by atoms with van der Waals surface area (Å²) in [5.74, 6) is 5.79. The van der Waals surface area contributed by atoms with Crippen LogP contribution in [-0.2, 0) is 4.79 Å². The Morgan fingerprint density at radius 1 is 0.941 bits per heavy atom. The molecular weight excluding hydrogens is 208 g/mol. The van der Waals surface area contributed by atoms with E-state index in [0.717, 1.165) is 17.4 Å². The first-order valence-corrected chi connectivity index (χ1v) is 5.48. The van der Waals surface area contributed by atoms with Crippen LogP contribution >= 0.6 is 0 Å². The van der Waals surface area contributed by atoms with Crippen molar-refractivity contribution in [2.75, 3.05) is 0 Å². The number of rotatable bonds is 2. The van der Waals surface area contributed by atoms with Gasteiger partial charge in [0.1, 0.15) is 6.29 Å². The molecule has 1 nitrogen and oxygen atoms in total. The van der Waals surface area contributed by atoms with E-state index in [-0.39, 0.29) is 6.42 Å². The van der Waals surface area contributed by atoms with Crippen LogP contribution in [-0.4, -0.2) is 6.29 Å². The minimum Gasteiger partial charge on any atom is -0.302 e. The summed E-state index contributed by atoms with van der Waals surface area (Å²) in [5, 5.41) is 0. The maximum atomic E-state index is 10.2. The normalized spacial score (nSPS) is 9.18. The summed E-state index contributed by atoms with van der Waals surface area (Å²) >= 11 is 0. The van der Waals surface area contributed by atoms with Crippen LogP contribution in [0.1, 0.15) is 12.0 Å². The Hall–Kier alpha value is -2.33. The molecule has 0 saturated carbocycles. The molecule has 0 unspecified atom stereocenters. The summed E-state index contributed by atoms with van der Waals surface area (Å²) in [6.45, 7) is 0. The molecule has 82 valence electrons. The fraction of sp³-hybridized carbons (Fsp3) is 0.0625. The van der Waals surface area contributed by atoms with Crippen LogP contribution in [0, 0.1) is 11.8 Å². The van der Waals surface area contributed by atoms with Crippen LogP contribution in [0.5, 0.6) is 0 Å². The molecule has 0 saturated heterocycles. The van der Waals surface area contributed by atoms with Gasteiger partial charge in [-0.1, -0.05) is 54.3 Å². The predicted molar refractivity (Wildman–Crippen MR) is 69.4 cm³/mol. The Kier molecular flexibility index (Phi) is 3.72. The fourth-order valence-electron chi connectivity index (χ4n) is 1.60. The SMILES string of the molecule is O=CCC#Cc1cccc(-c2ccccc2)c1. The van der Waals surface area contributed by atoms with Crippen molar-refractivity contribution in [3.8, 4) is 23.0 Å². The molecule has 0 aliphatic heterocycles. The lowest BCUT2D eigenvalue weighted by Crippen LogP contribution is -1.79. The lowest BCUT2D eigenvalue weighted by atomic mass is 10.0. The van der Waals surface area contributed by atoms with Crippen LogP contribution < -0.4 is 0 Å². The van der Waals surface area contributed by atoms with E-state index < -0.39 is 0 Å². The Labute approximate surface area is 101 Å². The van der Waals surface area contributed by atoms with E-state index in [1.54, 1.807) is 0 Å². The van der Waals surface area contributed by atoms with Gasteiger partial charge in [0.25, 0.3) is 0 Å². The van der Waals surface area contributed by atoms with Gasteiger partial charge in [-0.05, 0) is 23.3 Å². The molecular formula is C16H12O. The maximum absolute atomic E-state index is 10.2. The summed E-state index contributed by atoms with van der Waals surface area (Å²) in [6, 6.07) is 18.2. The van der Waals surface area contributed by atoms with Gasteiger partial charge in [0.15, 0.2) is 0 Å². The molecule has 2 aromatic carbocycles. The Morgan fingerprint density at radius 3 is 2.47 bits per heavy atom. The van der Waals surface area contributed by atoms with Gasteiger partial charge in [-0.15, -0.1) is 0 Å². The summed E-state index contributed by atoms with van der Waals surface area (Å²) < 4.78 is 0. The van der Waals surface area contributed by atoms with Crippen LogP contribution in [0.2, 0.25) is 0 Å². The van der Waals surface area contributed by atoms with Crippen LogP contribution in [0.25, 0.3) is 11.1 Å². The second kappa shape index (κ2) is 5.67. The molecule has 1 heteroatoms. The summed E-state index contributed by atoms with van der Waals surface area (Å²) in [5.41, 5.74) is 3.25. The highest BCUT2D eigenvalue weighted by atomic mass is 16.1. The smallest absolute Gasteiger partial charge is 0.131 e. The van der Waals surface area contributed by atoms with E-state index >= 15 is 0 Å². The van der Waals surface area contributed by atoms with Gasteiger partial charge >= 0.3 is 0 Å². The lowest BCUT2D eigenvalue weighted by Gasteiger charge is -2.01. The molecule has 0 fully saturated rings. The van der Waals surface area contributed by atoms with Gasteiger partial charge in [-0.3, -0.25) is 0 Å². The molecule has 0 aromatic heterocycles. The van der Waals surface area contributed by atoms with E-state index in [2.05, 4.69) is 30.0 Å². The van der Waals surface area contributed by atoms with Gasteiger partial charge in [0.2, 0.25) is 0 Å². The average Bonchev–Trinajstić information content (AvgIpc) is 2.41. The number of carbonyl (C=O) groups is 1. The van der Waals surface area contributed by atoms with Crippen molar-refractivity contribution in [2.45, 2.75) is 6.42 Å². The number of carbonyl (C=O) groups excluding carboxylic acids is 1. The monoisotopic (exact) mass is 220 g/mol.